The van der Waals surface area contributed by atoms with E-state index in [4.69, 9.17) is 11.5 Å². The predicted octanol–water partition coefficient (Wildman–Crippen LogP) is 8.17. The van der Waals surface area contributed by atoms with Crippen molar-refractivity contribution in [1.82, 2.24) is 5.32 Å². The molecular formula is C36H29N3. The van der Waals surface area contributed by atoms with E-state index in [1.807, 2.05) is 0 Å². The lowest BCUT2D eigenvalue weighted by Gasteiger charge is -2.21. The van der Waals surface area contributed by atoms with Crippen molar-refractivity contribution in [2.45, 2.75) is 12.3 Å². The summed E-state index contributed by atoms with van der Waals surface area (Å²) in [5, 5.41) is 13.2. The van der Waals surface area contributed by atoms with Gasteiger partial charge in [-0.25, -0.2) is 0 Å². The molecule has 7 aromatic carbocycles. The molecular weight excluding hydrogens is 474 g/mol. The lowest BCUT2D eigenvalue weighted by Crippen LogP contribution is -2.36. The van der Waals surface area contributed by atoms with Gasteiger partial charge < -0.3 is 11.5 Å². The number of fused-ring (bicyclic) bond motifs is 6. The standard InChI is InChI=1S/C36H29N3/c37-35(28-17-9-24(10-18-28)30-19-11-23-5-1-2-7-29(23)21-30)39-36(38)31-20-14-26-13-16-27-15-12-25-6-3-4-8-32(25)34(27)33(26)22-31/h1-22,35-36,39H,37-38H2. The summed E-state index contributed by atoms with van der Waals surface area (Å²) in [5.41, 5.74) is 17.6. The van der Waals surface area contributed by atoms with Crippen molar-refractivity contribution >= 4 is 43.1 Å². The van der Waals surface area contributed by atoms with Gasteiger partial charge in [-0.3, -0.25) is 5.32 Å². The minimum atomic E-state index is -0.408. The molecule has 0 aliphatic rings. The van der Waals surface area contributed by atoms with E-state index >= 15 is 0 Å². The Kier molecular flexibility index (Phi) is 5.83. The summed E-state index contributed by atoms with van der Waals surface area (Å²) in [6, 6.07) is 47.1. The second kappa shape index (κ2) is 9.64. The summed E-state index contributed by atoms with van der Waals surface area (Å²) < 4.78 is 0. The quantitative estimate of drug-likeness (QED) is 0.164. The van der Waals surface area contributed by atoms with Crippen LogP contribution in [0.1, 0.15) is 23.5 Å². The second-order valence-corrected chi connectivity index (χ2v) is 10.2. The van der Waals surface area contributed by atoms with Gasteiger partial charge in [-0.2, -0.15) is 0 Å². The number of benzene rings is 7. The minimum absolute atomic E-state index is 0.394. The van der Waals surface area contributed by atoms with E-state index in [1.165, 1.54) is 48.7 Å². The van der Waals surface area contributed by atoms with Crippen molar-refractivity contribution in [1.29, 1.82) is 0 Å². The van der Waals surface area contributed by atoms with Crippen molar-refractivity contribution in [2.75, 3.05) is 0 Å². The molecule has 5 N–H and O–H groups in total. The van der Waals surface area contributed by atoms with E-state index in [1.54, 1.807) is 0 Å². The first-order valence-electron chi connectivity index (χ1n) is 13.3. The average Bonchev–Trinajstić information content (AvgIpc) is 3.00. The molecule has 7 rings (SSSR count). The van der Waals surface area contributed by atoms with E-state index in [0.717, 1.165) is 16.7 Å². The predicted molar refractivity (Wildman–Crippen MR) is 165 cm³/mol. The van der Waals surface area contributed by atoms with E-state index in [0.29, 0.717) is 0 Å². The number of hydrogen-bond acceptors (Lipinski definition) is 3. The summed E-state index contributed by atoms with van der Waals surface area (Å²) in [6.07, 6.45) is -0.801. The summed E-state index contributed by atoms with van der Waals surface area (Å²) in [4.78, 5) is 0. The highest BCUT2D eigenvalue weighted by Gasteiger charge is 2.14. The van der Waals surface area contributed by atoms with Gasteiger partial charge in [0.05, 0.1) is 12.3 Å². The zero-order chi connectivity index (χ0) is 26.3. The summed E-state index contributed by atoms with van der Waals surface area (Å²) >= 11 is 0. The Morgan fingerprint density at radius 1 is 0.410 bits per heavy atom. The summed E-state index contributed by atoms with van der Waals surface area (Å²) in [7, 11) is 0. The second-order valence-electron chi connectivity index (χ2n) is 10.2. The fourth-order valence-corrected chi connectivity index (χ4v) is 5.67. The van der Waals surface area contributed by atoms with Crippen molar-refractivity contribution < 1.29 is 0 Å². The molecule has 0 aliphatic heterocycles. The molecule has 188 valence electrons. The molecule has 0 saturated carbocycles. The van der Waals surface area contributed by atoms with E-state index in [2.05, 4.69) is 139 Å². The topological polar surface area (TPSA) is 64.1 Å². The number of rotatable bonds is 5. The molecule has 2 unspecified atom stereocenters. The smallest absolute Gasteiger partial charge is 0.0824 e. The largest absolute Gasteiger partial charge is 0.312 e. The SMILES string of the molecule is NC(NC(N)c1ccc2ccc3ccc4ccccc4c3c2c1)c1ccc(-c2ccc3ccccc3c2)cc1. The molecule has 3 nitrogen and oxygen atoms in total. The van der Waals surface area contributed by atoms with Crippen LogP contribution < -0.4 is 16.8 Å². The maximum atomic E-state index is 6.66. The van der Waals surface area contributed by atoms with Crippen LogP contribution in [0.3, 0.4) is 0 Å². The van der Waals surface area contributed by atoms with Crippen LogP contribution in [0, 0.1) is 0 Å². The third-order valence-corrected chi connectivity index (χ3v) is 7.82. The first kappa shape index (κ1) is 23.6. The van der Waals surface area contributed by atoms with Gasteiger partial charge in [-0.05, 0) is 77.5 Å². The molecule has 7 aromatic rings. The Bertz CT molecular complexity index is 1970. The van der Waals surface area contributed by atoms with Gasteiger partial charge in [0.25, 0.3) is 0 Å². The molecule has 0 saturated heterocycles. The minimum Gasteiger partial charge on any atom is -0.312 e. The molecule has 39 heavy (non-hydrogen) atoms. The maximum absolute atomic E-state index is 6.66. The van der Waals surface area contributed by atoms with Crippen molar-refractivity contribution in [3.8, 4) is 11.1 Å². The molecule has 0 radical (unpaired) electrons. The Morgan fingerprint density at radius 2 is 0.949 bits per heavy atom. The first-order chi connectivity index (χ1) is 19.1. The Labute approximate surface area is 227 Å². The lowest BCUT2D eigenvalue weighted by molar-refractivity contribution is 0.464. The normalized spacial score (nSPS) is 13.3. The van der Waals surface area contributed by atoms with E-state index in [9.17, 15) is 0 Å². The van der Waals surface area contributed by atoms with Crippen LogP contribution in [-0.4, -0.2) is 0 Å². The van der Waals surface area contributed by atoms with Gasteiger partial charge in [0.15, 0.2) is 0 Å². The van der Waals surface area contributed by atoms with Crippen LogP contribution in [0.15, 0.2) is 133 Å². The van der Waals surface area contributed by atoms with E-state index < -0.39 is 12.3 Å². The average molecular weight is 504 g/mol. The van der Waals surface area contributed by atoms with E-state index in [-0.39, 0.29) is 0 Å². The number of nitrogens with one attached hydrogen (secondary N) is 1. The Morgan fingerprint density at radius 3 is 1.74 bits per heavy atom. The first-order valence-corrected chi connectivity index (χ1v) is 13.3. The fourth-order valence-electron chi connectivity index (χ4n) is 5.67. The molecule has 0 heterocycles. The monoisotopic (exact) mass is 503 g/mol. The zero-order valence-electron chi connectivity index (χ0n) is 21.5. The maximum Gasteiger partial charge on any atom is 0.0824 e. The van der Waals surface area contributed by atoms with Crippen LogP contribution in [0.5, 0.6) is 0 Å². The molecule has 0 bridgehead atoms. The van der Waals surface area contributed by atoms with Crippen molar-refractivity contribution in [3.63, 3.8) is 0 Å². The van der Waals surface area contributed by atoms with Gasteiger partial charge >= 0.3 is 0 Å². The number of hydrogen-bond donors (Lipinski definition) is 3. The molecule has 0 aromatic heterocycles. The third kappa shape index (κ3) is 4.33. The Balaban J connectivity index is 1.16. The van der Waals surface area contributed by atoms with Crippen LogP contribution >= 0.6 is 0 Å². The Hall–Kier alpha value is -4.54. The van der Waals surface area contributed by atoms with Gasteiger partial charge in [-0.15, -0.1) is 0 Å². The molecule has 0 aliphatic carbocycles. The van der Waals surface area contributed by atoms with Gasteiger partial charge in [0.1, 0.15) is 0 Å². The molecule has 0 fully saturated rings. The molecule has 0 amide bonds. The van der Waals surface area contributed by atoms with Crippen molar-refractivity contribution in [3.05, 3.63) is 145 Å². The molecule has 3 heteroatoms. The zero-order valence-corrected chi connectivity index (χ0v) is 21.5. The van der Waals surface area contributed by atoms with Crippen LogP contribution in [0.25, 0.3) is 54.2 Å². The van der Waals surface area contributed by atoms with Crippen LogP contribution in [0.2, 0.25) is 0 Å². The highest BCUT2D eigenvalue weighted by molar-refractivity contribution is 6.20. The highest BCUT2D eigenvalue weighted by Crippen LogP contribution is 2.33. The van der Waals surface area contributed by atoms with Gasteiger partial charge in [0.2, 0.25) is 0 Å². The highest BCUT2D eigenvalue weighted by atomic mass is 15.1. The lowest BCUT2D eigenvalue weighted by atomic mass is 9.95. The molecule has 2 atom stereocenters. The summed E-state index contributed by atoms with van der Waals surface area (Å²) in [5.74, 6) is 0. The van der Waals surface area contributed by atoms with Crippen LogP contribution in [0.4, 0.5) is 0 Å². The van der Waals surface area contributed by atoms with Gasteiger partial charge in [-0.1, -0.05) is 121 Å². The van der Waals surface area contributed by atoms with Crippen molar-refractivity contribution in [2.24, 2.45) is 11.5 Å². The molecule has 0 spiro atoms. The fraction of sp³-hybridized carbons (Fsp3) is 0.0556. The van der Waals surface area contributed by atoms with Gasteiger partial charge in [0, 0.05) is 0 Å². The third-order valence-electron chi connectivity index (χ3n) is 7.82. The number of nitrogens with two attached hydrogens (primary N) is 2. The summed E-state index contributed by atoms with van der Waals surface area (Å²) in [6.45, 7) is 0. The van der Waals surface area contributed by atoms with Crippen LogP contribution in [-0.2, 0) is 0 Å².